The minimum absolute atomic E-state index is 0.220. The van der Waals surface area contributed by atoms with Crippen LogP contribution in [0.15, 0.2) is 18.2 Å². The van der Waals surface area contributed by atoms with E-state index in [4.69, 9.17) is 5.11 Å². The molecule has 0 amide bonds. The van der Waals surface area contributed by atoms with Crippen molar-refractivity contribution >= 4 is 11.7 Å². The number of hydrogen-bond acceptors (Lipinski definition) is 2. The minimum Gasteiger partial charge on any atom is -0.481 e. The molecule has 0 heterocycles. The van der Waals surface area contributed by atoms with Gasteiger partial charge in [-0.05, 0) is 31.4 Å². The lowest BCUT2D eigenvalue weighted by Gasteiger charge is -2.11. The van der Waals surface area contributed by atoms with E-state index in [2.05, 4.69) is 5.32 Å². The maximum absolute atomic E-state index is 10.3. The van der Waals surface area contributed by atoms with Gasteiger partial charge in [0.1, 0.15) is 0 Å². The number of carboxylic acid groups (broad SMARTS) is 1. The van der Waals surface area contributed by atoms with Gasteiger partial charge in [-0.2, -0.15) is 0 Å². The third-order valence-corrected chi connectivity index (χ3v) is 2.35. The van der Waals surface area contributed by atoms with Crippen LogP contribution in [0, 0.1) is 13.8 Å². The van der Waals surface area contributed by atoms with Gasteiger partial charge in [0.05, 0.1) is 0 Å². The second kappa shape index (κ2) is 5.39. The highest BCUT2D eigenvalue weighted by molar-refractivity contribution is 5.66. The van der Waals surface area contributed by atoms with Crippen molar-refractivity contribution in [2.45, 2.75) is 26.7 Å². The van der Waals surface area contributed by atoms with Gasteiger partial charge in [-0.3, -0.25) is 4.79 Å². The molecule has 0 aliphatic heterocycles. The fraction of sp³-hybridized carbons (Fsp3) is 0.417. The quantitative estimate of drug-likeness (QED) is 0.729. The van der Waals surface area contributed by atoms with Crippen LogP contribution < -0.4 is 5.32 Å². The zero-order valence-electron chi connectivity index (χ0n) is 9.21. The monoisotopic (exact) mass is 207 g/mol. The van der Waals surface area contributed by atoms with Gasteiger partial charge in [0.25, 0.3) is 0 Å². The number of para-hydroxylation sites is 1. The molecule has 0 aromatic heterocycles. The van der Waals surface area contributed by atoms with Gasteiger partial charge in [-0.25, -0.2) is 0 Å². The van der Waals surface area contributed by atoms with Crippen LogP contribution in [0.2, 0.25) is 0 Å². The van der Waals surface area contributed by atoms with Crippen molar-refractivity contribution in [1.29, 1.82) is 0 Å². The Hall–Kier alpha value is -1.51. The number of aryl methyl sites for hydroxylation is 2. The van der Waals surface area contributed by atoms with Crippen LogP contribution in [-0.2, 0) is 4.79 Å². The summed E-state index contributed by atoms with van der Waals surface area (Å²) >= 11 is 0. The second-order valence-electron chi connectivity index (χ2n) is 3.69. The molecule has 15 heavy (non-hydrogen) atoms. The second-order valence-corrected chi connectivity index (χ2v) is 3.69. The molecule has 0 aliphatic carbocycles. The first-order chi connectivity index (χ1) is 7.11. The maximum Gasteiger partial charge on any atom is 0.303 e. The van der Waals surface area contributed by atoms with E-state index in [1.165, 1.54) is 11.1 Å². The smallest absolute Gasteiger partial charge is 0.303 e. The lowest BCUT2D eigenvalue weighted by molar-refractivity contribution is -0.137. The minimum atomic E-state index is -0.738. The summed E-state index contributed by atoms with van der Waals surface area (Å²) in [5, 5.41) is 11.8. The van der Waals surface area contributed by atoms with Gasteiger partial charge < -0.3 is 10.4 Å². The standard InChI is InChI=1S/C12H17NO2/c1-9-5-3-6-10(2)12(9)13-8-4-7-11(14)15/h3,5-6,13H,4,7-8H2,1-2H3,(H,14,15). The SMILES string of the molecule is Cc1cccc(C)c1NCCCC(=O)O. The van der Waals surface area contributed by atoms with Crippen molar-refractivity contribution in [2.24, 2.45) is 0 Å². The van der Waals surface area contributed by atoms with E-state index in [-0.39, 0.29) is 6.42 Å². The highest BCUT2D eigenvalue weighted by Crippen LogP contribution is 2.19. The van der Waals surface area contributed by atoms with Gasteiger partial charge in [0.15, 0.2) is 0 Å². The maximum atomic E-state index is 10.3. The van der Waals surface area contributed by atoms with Crippen molar-refractivity contribution in [2.75, 3.05) is 11.9 Å². The van der Waals surface area contributed by atoms with Gasteiger partial charge >= 0.3 is 5.97 Å². The van der Waals surface area contributed by atoms with Gasteiger partial charge in [0, 0.05) is 18.7 Å². The molecule has 0 aliphatic rings. The Balaban J connectivity index is 2.47. The van der Waals surface area contributed by atoms with Crippen LogP contribution in [0.4, 0.5) is 5.69 Å². The molecule has 1 aromatic carbocycles. The first kappa shape index (κ1) is 11.6. The summed E-state index contributed by atoms with van der Waals surface area (Å²) in [7, 11) is 0. The molecular formula is C12H17NO2. The van der Waals surface area contributed by atoms with E-state index in [1.807, 2.05) is 32.0 Å². The average molecular weight is 207 g/mol. The third kappa shape index (κ3) is 3.62. The van der Waals surface area contributed by atoms with E-state index in [0.29, 0.717) is 13.0 Å². The fourth-order valence-corrected chi connectivity index (χ4v) is 1.55. The number of rotatable bonds is 5. The highest BCUT2D eigenvalue weighted by Gasteiger charge is 2.01. The number of carbonyl (C=O) groups is 1. The topological polar surface area (TPSA) is 49.3 Å². The summed E-state index contributed by atoms with van der Waals surface area (Å²) in [6.07, 6.45) is 0.876. The van der Waals surface area contributed by atoms with Gasteiger partial charge in [-0.1, -0.05) is 18.2 Å². The van der Waals surface area contributed by atoms with E-state index >= 15 is 0 Å². The summed E-state index contributed by atoms with van der Waals surface area (Å²) in [6.45, 7) is 4.80. The van der Waals surface area contributed by atoms with E-state index in [0.717, 1.165) is 5.69 Å². The molecule has 0 fully saturated rings. The predicted molar refractivity (Wildman–Crippen MR) is 61.3 cm³/mol. The number of hydrogen-bond donors (Lipinski definition) is 2. The Morgan fingerprint density at radius 1 is 1.33 bits per heavy atom. The molecule has 1 aromatic rings. The summed E-state index contributed by atoms with van der Waals surface area (Å²) in [4.78, 5) is 10.3. The molecular weight excluding hydrogens is 190 g/mol. The summed E-state index contributed by atoms with van der Waals surface area (Å²) in [5.41, 5.74) is 3.53. The average Bonchev–Trinajstić information content (AvgIpc) is 2.15. The number of nitrogens with one attached hydrogen (secondary N) is 1. The lowest BCUT2D eigenvalue weighted by atomic mass is 10.1. The van der Waals surface area contributed by atoms with Crippen molar-refractivity contribution in [3.63, 3.8) is 0 Å². The Morgan fingerprint density at radius 2 is 1.93 bits per heavy atom. The summed E-state index contributed by atoms with van der Waals surface area (Å²) in [6, 6.07) is 6.12. The summed E-state index contributed by atoms with van der Waals surface area (Å²) < 4.78 is 0. The van der Waals surface area contributed by atoms with Crippen LogP contribution >= 0.6 is 0 Å². The molecule has 0 saturated carbocycles. The first-order valence-corrected chi connectivity index (χ1v) is 5.13. The van der Waals surface area contributed by atoms with Crippen LogP contribution in [0.1, 0.15) is 24.0 Å². The normalized spacial score (nSPS) is 10.0. The molecule has 82 valence electrons. The zero-order chi connectivity index (χ0) is 11.3. The lowest BCUT2D eigenvalue weighted by Crippen LogP contribution is -2.06. The van der Waals surface area contributed by atoms with Crippen LogP contribution in [0.3, 0.4) is 0 Å². The van der Waals surface area contributed by atoms with E-state index in [9.17, 15) is 4.79 Å². The van der Waals surface area contributed by atoms with Gasteiger partial charge in [-0.15, -0.1) is 0 Å². The highest BCUT2D eigenvalue weighted by atomic mass is 16.4. The molecule has 0 radical (unpaired) electrons. The number of benzene rings is 1. The van der Waals surface area contributed by atoms with Crippen LogP contribution in [0.5, 0.6) is 0 Å². The van der Waals surface area contributed by atoms with Crippen molar-refractivity contribution in [3.05, 3.63) is 29.3 Å². The van der Waals surface area contributed by atoms with Gasteiger partial charge in [0.2, 0.25) is 0 Å². The molecule has 0 unspecified atom stereocenters. The predicted octanol–water partition coefficient (Wildman–Crippen LogP) is 2.58. The van der Waals surface area contributed by atoms with E-state index in [1.54, 1.807) is 0 Å². The first-order valence-electron chi connectivity index (χ1n) is 5.13. The van der Waals surface area contributed by atoms with Crippen LogP contribution in [-0.4, -0.2) is 17.6 Å². The Morgan fingerprint density at radius 3 is 2.47 bits per heavy atom. The largest absolute Gasteiger partial charge is 0.481 e. The van der Waals surface area contributed by atoms with Crippen LogP contribution in [0.25, 0.3) is 0 Å². The van der Waals surface area contributed by atoms with Crippen molar-refractivity contribution in [1.82, 2.24) is 0 Å². The number of aliphatic carboxylic acids is 1. The Kier molecular flexibility index (Phi) is 4.16. The molecule has 0 saturated heterocycles. The Bertz CT molecular complexity index is 327. The molecule has 1 rings (SSSR count). The Labute approximate surface area is 90.1 Å². The zero-order valence-corrected chi connectivity index (χ0v) is 9.21. The number of anilines is 1. The summed E-state index contributed by atoms with van der Waals surface area (Å²) in [5.74, 6) is -0.738. The molecule has 2 N–H and O–H groups in total. The molecule has 0 bridgehead atoms. The third-order valence-electron chi connectivity index (χ3n) is 2.35. The molecule has 0 spiro atoms. The van der Waals surface area contributed by atoms with Crippen molar-refractivity contribution < 1.29 is 9.90 Å². The fourth-order valence-electron chi connectivity index (χ4n) is 1.55. The number of carboxylic acids is 1. The molecule has 0 atom stereocenters. The van der Waals surface area contributed by atoms with E-state index < -0.39 is 5.97 Å². The van der Waals surface area contributed by atoms with Crippen molar-refractivity contribution in [3.8, 4) is 0 Å². The molecule has 3 nitrogen and oxygen atoms in total. The molecule has 3 heteroatoms.